The lowest BCUT2D eigenvalue weighted by Gasteiger charge is -1.96. The lowest BCUT2D eigenvalue weighted by molar-refractivity contribution is 0.964. The number of aryl methyl sites for hydroxylation is 1. The third-order valence-corrected chi connectivity index (χ3v) is 3.54. The minimum absolute atomic E-state index is 0.261. The van der Waals surface area contributed by atoms with Crippen LogP contribution < -0.4 is 5.73 Å². The molecule has 1 heterocycles. The third kappa shape index (κ3) is 4.06. The molecule has 0 aromatic carbocycles. The normalized spacial score (nSPS) is 10.4. The van der Waals surface area contributed by atoms with E-state index in [0.717, 1.165) is 28.8 Å². The van der Waals surface area contributed by atoms with Gasteiger partial charge in [0.1, 0.15) is 5.82 Å². The summed E-state index contributed by atoms with van der Waals surface area (Å²) < 4.78 is 5.21. The highest BCUT2D eigenvalue weighted by atomic mass is 32.2. The van der Waals surface area contributed by atoms with Crippen LogP contribution in [0, 0.1) is 5.41 Å². The fourth-order valence-electron chi connectivity index (χ4n) is 0.862. The third-order valence-electron chi connectivity index (χ3n) is 1.58. The van der Waals surface area contributed by atoms with E-state index >= 15 is 0 Å². The van der Waals surface area contributed by atoms with Crippen LogP contribution in [0.4, 0.5) is 0 Å². The maximum absolute atomic E-state index is 7.05. The molecule has 0 aliphatic rings. The standard InChI is InChI=1S/C8H14N4S2/c1-2-7-11-8(14-12-7)13-5-3-4-6(9)10/h2-5H2,1H3,(H3,9,10). The average Bonchev–Trinajstić information content (AvgIpc) is 2.60. The largest absolute Gasteiger partial charge is 0.388 e. The minimum atomic E-state index is 0.261. The summed E-state index contributed by atoms with van der Waals surface area (Å²) in [5.74, 6) is 2.14. The topological polar surface area (TPSA) is 75.7 Å². The lowest BCUT2D eigenvalue weighted by Crippen LogP contribution is -2.08. The van der Waals surface area contributed by atoms with Crippen LogP contribution in [0.5, 0.6) is 0 Å². The predicted molar refractivity (Wildman–Crippen MR) is 61.2 cm³/mol. The Morgan fingerprint density at radius 1 is 1.64 bits per heavy atom. The van der Waals surface area contributed by atoms with E-state index in [-0.39, 0.29) is 5.84 Å². The second kappa shape index (κ2) is 5.98. The molecule has 78 valence electrons. The Bertz CT molecular complexity index is 297. The smallest absolute Gasteiger partial charge is 0.170 e. The zero-order valence-electron chi connectivity index (χ0n) is 8.12. The highest BCUT2D eigenvalue weighted by Crippen LogP contribution is 2.21. The molecule has 1 aromatic rings. The summed E-state index contributed by atoms with van der Waals surface area (Å²) in [6.07, 6.45) is 2.50. The Balaban J connectivity index is 2.21. The molecule has 14 heavy (non-hydrogen) atoms. The van der Waals surface area contributed by atoms with Crippen molar-refractivity contribution in [2.75, 3.05) is 5.75 Å². The van der Waals surface area contributed by atoms with Gasteiger partial charge in [0, 0.05) is 18.6 Å². The Labute approximate surface area is 92.0 Å². The molecule has 0 saturated carbocycles. The van der Waals surface area contributed by atoms with Crippen LogP contribution >= 0.6 is 23.3 Å². The fourth-order valence-corrected chi connectivity index (χ4v) is 2.57. The van der Waals surface area contributed by atoms with Crippen molar-refractivity contribution in [1.82, 2.24) is 9.36 Å². The molecule has 0 aliphatic carbocycles. The van der Waals surface area contributed by atoms with Gasteiger partial charge in [0.05, 0.1) is 5.84 Å². The van der Waals surface area contributed by atoms with Crippen LogP contribution in [0.1, 0.15) is 25.6 Å². The lowest BCUT2D eigenvalue weighted by atomic mass is 10.3. The van der Waals surface area contributed by atoms with Crippen LogP contribution in [0.25, 0.3) is 0 Å². The maximum atomic E-state index is 7.05. The maximum Gasteiger partial charge on any atom is 0.170 e. The van der Waals surface area contributed by atoms with Gasteiger partial charge in [-0.2, -0.15) is 4.37 Å². The second-order valence-electron chi connectivity index (χ2n) is 2.81. The summed E-state index contributed by atoms with van der Waals surface area (Å²) in [6, 6.07) is 0. The number of rotatable bonds is 6. The number of nitrogens with one attached hydrogen (secondary N) is 1. The van der Waals surface area contributed by atoms with Crippen molar-refractivity contribution in [3.8, 4) is 0 Å². The van der Waals surface area contributed by atoms with Crippen molar-refractivity contribution in [3.63, 3.8) is 0 Å². The van der Waals surface area contributed by atoms with Gasteiger partial charge in [-0.05, 0) is 18.0 Å². The SMILES string of the molecule is CCc1nsc(SCCCC(=N)N)n1. The van der Waals surface area contributed by atoms with Gasteiger partial charge < -0.3 is 5.73 Å². The van der Waals surface area contributed by atoms with Gasteiger partial charge in [-0.3, -0.25) is 5.41 Å². The van der Waals surface area contributed by atoms with Gasteiger partial charge in [-0.1, -0.05) is 18.7 Å². The number of thioether (sulfide) groups is 1. The molecule has 0 bridgehead atoms. The number of nitrogens with zero attached hydrogens (tertiary/aromatic N) is 2. The summed E-state index contributed by atoms with van der Waals surface area (Å²) >= 11 is 3.14. The Hall–Kier alpha value is -0.620. The van der Waals surface area contributed by atoms with Gasteiger partial charge in [-0.25, -0.2) is 4.98 Å². The molecular weight excluding hydrogens is 216 g/mol. The van der Waals surface area contributed by atoms with Crippen molar-refractivity contribution in [1.29, 1.82) is 5.41 Å². The van der Waals surface area contributed by atoms with Gasteiger partial charge in [-0.15, -0.1) is 0 Å². The van der Waals surface area contributed by atoms with Gasteiger partial charge in [0.2, 0.25) is 0 Å². The Morgan fingerprint density at radius 3 is 3.00 bits per heavy atom. The van der Waals surface area contributed by atoms with Crippen molar-refractivity contribution in [2.24, 2.45) is 5.73 Å². The summed E-state index contributed by atoms with van der Waals surface area (Å²) in [7, 11) is 0. The monoisotopic (exact) mass is 230 g/mol. The Morgan fingerprint density at radius 2 is 2.43 bits per heavy atom. The van der Waals surface area contributed by atoms with Crippen LogP contribution in [0.3, 0.4) is 0 Å². The summed E-state index contributed by atoms with van der Waals surface area (Å²) in [6.45, 7) is 2.05. The first-order chi connectivity index (χ1) is 6.72. The molecule has 0 amide bonds. The zero-order chi connectivity index (χ0) is 10.4. The molecule has 4 nitrogen and oxygen atoms in total. The summed E-state index contributed by atoms with van der Waals surface area (Å²) in [4.78, 5) is 4.33. The van der Waals surface area contributed by atoms with Crippen LogP contribution in [-0.2, 0) is 6.42 Å². The van der Waals surface area contributed by atoms with E-state index in [1.165, 1.54) is 11.5 Å². The first-order valence-electron chi connectivity index (χ1n) is 4.50. The molecule has 0 aliphatic heterocycles. The highest BCUT2D eigenvalue weighted by Gasteiger charge is 2.02. The van der Waals surface area contributed by atoms with E-state index in [1.807, 2.05) is 6.92 Å². The van der Waals surface area contributed by atoms with Crippen molar-refractivity contribution in [2.45, 2.75) is 30.5 Å². The molecule has 1 rings (SSSR count). The number of amidine groups is 1. The molecule has 3 N–H and O–H groups in total. The fraction of sp³-hybridized carbons (Fsp3) is 0.625. The molecule has 0 spiro atoms. The highest BCUT2D eigenvalue weighted by molar-refractivity contribution is 8.00. The molecule has 0 radical (unpaired) electrons. The zero-order valence-corrected chi connectivity index (χ0v) is 9.75. The second-order valence-corrected chi connectivity index (χ2v) is 4.90. The quantitative estimate of drug-likeness (QED) is 0.339. The van der Waals surface area contributed by atoms with E-state index in [2.05, 4.69) is 9.36 Å². The molecule has 0 unspecified atom stereocenters. The Kier molecular flexibility index (Phi) is 4.89. The van der Waals surface area contributed by atoms with Gasteiger partial charge in [0.25, 0.3) is 0 Å². The number of hydrogen-bond donors (Lipinski definition) is 2. The van der Waals surface area contributed by atoms with Crippen molar-refractivity contribution < 1.29 is 0 Å². The average molecular weight is 230 g/mol. The predicted octanol–water partition coefficient (Wildman–Crippen LogP) is 1.91. The molecule has 6 heteroatoms. The number of nitrogens with two attached hydrogens (primary N) is 1. The van der Waals surface area contributed by atoms with E-state index in [0.29, 0.717) is 6.42 Å². The molecule has 1 aromatic heterocycles. The van der Waals surface area contributed by atoms with E-state index in [1.54, 1.807) is 11.8 Å². The number of hydrogen-bond acceptors (Lipinski definition) is 5. The van der Waals surface area contributed by atoms with Gasteiger partial charge in [0.15, 0.2) is 4.34 Å². The van der Waals surface area contributed by atoms with E-state index < -0.39 is 0 Å². The first-order valence-corrected chi connectivity index (χ1v) is 6.26. The van der Waals surface area contributed by atoms with Crippen molar-refractivity contribution >= 4 is 29.1 Å². The summed E-state index contributed by atoms with van der Waals surface area (Å²) in [5, 5.41) is 7.05. The van der Waals surface area contributed by atoms with E-state index in [4.69, 9.17) is 11.1 Å². The summed E-state index contributed by atoms with van der Waals surface area (Å²) in [5.41, 5.74) is 5.25. The van der Waals surface area contributed by atoms with Crippen molar-refractivity contribution in [3.05, 3.63) is 5.82 Å². The van der Waals surface area contributed by atoms with Crippen LogP contribution in [0.15, 0.2) is 4.34 Å². The molecule has 0 saturated heterocycles. The molecular formula is C8H14N4S2. The molecule has 0 fully saturated rings. The van der Waals surface area contributed by atoms with Gasteiger partial charge >= 0.3 is 0 Å². The van der Waals surface area contributed by atoms with Crippen LogP contribution in [0.2, 0.25) is 0 Å². The molecule has 0 atom stereocenters. The first kappa shape index (κ1) is 11.5. The number of aromatic nitrogens is 2. The van der Waals surface area contributed by atoms with Crippen LogP contribution in [-0.4, -0.2) is 20.9 Å². The minimum Gasteiger partial charge on any atom is -0.388 e. The van der Waals surface area contributed by atoms with E-state index in [9.17, 15) is 0 Å².